The topological polar surface area (TPSA) is 102 Å². The number of ether oxygens (including phenoxy) is 1. The van der Waals surface area contributed by atoms with Gasteiger partial charge in [-0.15, -0.1) is 0 Å². The minimum atomic E-state index is -4.69. The van der Waals surface area contributed by atoms with Crippen molar-refractivity contribution in [3.63, 3.8) is 0 Å². The van der Waals surface area contributed by atoms with Crippen LogP contribution in [0, 0.1) is 10.1 Å². The fraction of sp³-hybridized carbons (Fsp3) is 0.304. The van der Waals surface area contributed by atoms with E-state index in [1.807, 2.05) is 0 Å². The average Bonchev–Trinajstić information content (AvgIpc) is 2.80. The molecular weight excluding hydrogens is 451 g/mol. The quantitative estimate of drug-likeness (QED) is 0.178. The minimum absolute atomic E-state index is 0.109. The number of alkyl halides is 3. The zero-order valence-electron chi connectivity index (χ0n) is 18.4. The molecule has 1 heterocycles. The zero-order chi connectivity index (χ0) is 24.6. The van der Waals surface area contributed by atoms with Crippen molar-refractivity contribution in [3.8, 4) is 5.75 Å². The highest BCUT2D eigenvalue weighted by molar-refractivity contribution is 5.67. The Morgan fingerprint density at radius 3 is 2.44 bits per heavy atom. The number of non-ortho nitro benzene ring substituents is 1. The van der Waals surface area contributed by atoms with Crippen LogP contribution < -0.4 is 15.4 Å². The van der Waals surface area contributed by atoms with Crippen LogP contribution in [0.2, 0.25) is 0 Å². The van der Waals surface area contributed by atoms with Gasteiger partial charge in [0.1, 0.15) is 17.1 Å². The third-order valence-electron chi connectivity index (χ3n) is 4.82. The number of halogens is 3. The van der Waals surface area contributed by atoms with E-state index in [0.717, 1.165) is 25.7 Å². The van der Waals surface area contributed by atoms with Gasteiger partial charge >= 0.3 is 6.18 Å². The zero-order valence-corrected chi connectivity index (χ0v) is 18.4. The van der Waals surface area contributed by atoms with Gasteiger partial charge in [-0.05, 0) is 30.7 Å². The molecule has 0 saturated heterocycles. The van der Waals surface area contributed by atoms with Crippen LogP contribution in [0.5, 0.6) is 5.75 Å². The monoisotopic (exact) mass is 475 g/mol. The van der Waals surface area contributed by atoms with E-state index in [1.165, 1.54) is 24.3 Å². The highest BCUT2D eigenvalue weighted by atomic mass is 19.4. The predicted octanol–water partition coefficient (Wildman–Crippen LogP) is 6.85. The van der Waals surface area contributed by atoms with E-state index in [-0.39, 0.29) is 11.6 Å². The summed E-state index contributed by atoms with van der Waals surface area (Å²) in [5, 5.41) is 16.3. The average molecular weight is 475 g/mol. The first-order valence-corrected chi connectivity index (χ1v) is 10.7. The van der Waals surface area contributed by atoms with Gasteiger partial charge in [-0.2, -0.15) is 18.2 Å². The first kappa shape index (κ1) is 24.7. The molecule has 0 atom stereocenters. The van der Waals surface area contributed by atoms with Gasteiger partial charge in [0.05, 0.1) is 17.2 Å². The smallest absolute Gasteiger partial charge is 0.421 e. The first-order chi connectivity index (χ1) is 16.3. The van der Waals surface area contributed by atoms with Crippen molar-refractivity contribution in [2.24, 2.45) is 0 Å². The molecule has 1 aromatic heterocycles. The number of nitro benzene ring substituents is 1. The Balaban J connectivity index is 1.83. The Kier molecular flexibility index (Phi) is 8.23. The molecule has 0 saturated carbocycles. The molecule has 0 radical (unpaired) electrons. The van der Waals surface area contributed by atoms with Gasteiger partial charge in [0, 0.05) is 24.0 Å². The number of benzene rings is 2. The molecule has 0 unspecified atom stereocenters. The summed E-state index contributed by atoms with van der Waals surface area (Å²) in [7, 11) is 0. The third-order valence-corrected chi connectivity index (χ3v) is 4.82. The second kappa shape index (κ2) is 11.3. The molecule has 180 valence electrons. The molecule has 0 bridgehead atoms. The van der Waals surface area contributed by atoms with Crippen LogP contribution in [0.4, 0.5) is 42.0 Å². The summed E-state index contributed by atoms with van der Waals surface area (Å²) in [5.41, 5.74) is -0.442. The van der Waals surface area contributed by atoms with E-state index >= 15 is 0 Å². The fourth-order valence-corrected chi connectivity index (χ4v) is 3.07. The van der Waals surface area contributed by atoms with Gasteiger partial charge in [-0.25, -0.2) is 4.98 Å². The number of rotatable bonds is 11. The summed E-state index contributed by atoms with van der Waals surface area (Å²) in [5.74, 6) is -0.146. The molecule has 8 nitrogen and oxygen atoms in total. The van der Waals surface area contributed by atoms with E-state index < -0.39 is 22.5 Å². The van der Waals surface area contributed by atoms with Gasteiger partial charge in [0.2, 0.25) is 5.95 Å². The van der Waals surface area contributed by atoms with E-state index in [4.69, 9.17) is 4.74 Å². The van der Waals surface area contributed by atoms with Crippen LogP contribution in [0.1, 0.15) is 38.2 Å². The number of unbranched alkanes of at least 4 members (excludes halogenated alkanes) is 3. The molecule has 0 spiro atoms. The lowest BCUT2D eigenvalue weighted by atomic mass is 10.2. The second-order valence-electron chi connectivity index (χ2n) is 7.41. The first-order valence-electron chi connectivity index (χ1n) is 10.7. The maximum Gasteiger partial charge on any atom is 0.421 e. The van der Waals surface area contributed by atoms with Crippen molar-refractivity contribution in [1.29, 1.82) is 0 Å². The van der Waals surface area contributed by atoms with Crippen molar-refractivity contribution in [1.82, 2.24) is 9.97 Å². The van der Waals surface area contributed by atoms with Gasteiger partial charge in [0.25, 0.3) is 5.69 Å². The molecule has 2 aromatic carbocycles. The lowest BCUT2D eigenvalue weighted by Crippen LogP contribution is -2.13. The lowest BCUT2D eigenvalue weighted by Gasteiger charge is -2.17. The maximum absolute atomic E-state index is 13.6. The number of para-hydroxylation sites is 2. The van der Waals surface area contributed by atoms with Gasteiger partial charge in [-0.3, -0.25) is 10.1 Å². The van der Waals surface area contributed by atoms with Gasteiger partial charge in [-0.1, -0.05) is 38.3 Å². The summed E-state index contributed by atoms with van der Waals surface area (Å²) >= 11 is 0. The van der Waals surface area contributed by atoms with Crippen molar-refractivity contribution < 1.29 is 22.8 Å². The number of aromatic nitrogens is 2. The number of hydrogen-bond donors (Lipinski definition) is 2. The number of nitro groups is 1. The number of nitrogens with zero attached hydrogens (tertiary/aromatic N) is 3. The molecule has 0 aliphatic heterocycles. The third kappa shape index (κ3) is 6.80. The number of hydrogen-bond acceptors (Lipinski definition) is 7. The largest absolute Gasteiger partial charge is 0.491 e. The highest BCUT2D eigenvalue weighted by Crippen LogP contribution is 2.37. The number of nitrogens with one attached hydrogen (secondary N) is 2. The van der Waals surface area contributed by atoms with Crippen LogP contribution in [-0.4, -0.2) is 21.5 Å². The molecule has 2 N–H and O–H groups in total. The van der Waals surface area contributed by atoms with E-state index in [2.05, 4.69) is 27.5 Å². The Morgan fingerprint density at radius 2 is 1.76 bits per heavy atom. The van der Waals surface area contributed by atoms with Crippen molar-refractivity contribution >= 4 is 28.8 Å². The van der Waals surface area contributed by atoms with Crippen LogP contribution in [0.3, 0.4) is 0 Å². The van der Waals surface area contributed by atoms with Gasteiger partial charge < -0.3 is 15.4 Å². The summed E-state index contributed by atoms with van der Waals surface area (Å²) in [4.78, 5) is 18.0. The Morgan fingerprint density at radius 1 is 1.03 bits per heavy atom. The highest BCUT2D eigenvalue weighted by Gasteiger charge is 2.35. The molecule has 3 aromatic rings. The molecule has 34 heavy (non-hydrogen) atoms. The molecule has 0 aliphatic carbocycles. The second-order valence-corrected chi connectivity index (χ2v) is 7.41. The lowest BCUT2D eigenvalue weighted by molar-refractivity contribution is -0.384. The molecule has 0 aliphatic rings. The molecule has 0 fully saturated rings. The van der Waals surface area contributed by atoms with Crippen LogP contribution >= 0.6 is 0 Å². The predicted molar refractivity (Wildman–Crippen MR) is 123 cm³/mol. The van der Waals surface area contributed by atoms with E-state index in [1.54, 1.807) is 24.3 Å². The summed E-state index contributed by atoms with van der Waals surface area (Å²) in [6.07, 6.45) is 0.00806. The molecule has 3 rings (SSSR count). The van der Waals surface area contributed by atoms with Gasteiger partial charge in [0.15, 0.2) is 0 Å². The SMILES string of the molecule is CCCCCCOc1ccccc1Nc1nc(Nc2ccc([N+](=O)[O-])cc2)ncc1C(F)(F)F. The molecule has 0 amide bonds. The normalized spacial score (nSPS) is 11.2. The van der Waals surface area contributed by atoms with Crippen molar-refractivity contribution in [2.45, 2.75) is 38.8 Å². The van der Waals surface area contributed by atoms with Crippen molar-refractivity contribution in [3.05, 3.63) is 70.4 Å². The molecule has 11 heteroatoms. The minimum Gasteiger partial charge on any atom is -0.491 e. The summed E-state index contributed by atoms with van der Waals surface area (Å²) in [6, 6.07) is 12.0. The van der Waals surface area contributed by atoms with E-state index in [9.17, 15) is 23.3 Å². The van der Waals surface area contributed by atoms with Crippen LogP contribution in [-0.2, 0) is 6.18 Å². The Labute approximate surface area is 194 Å². The maximum atomic E-state index is 13.6. The Bertz CT molecular complexity index is 1110. The van der Waals surface area contributed by atoms with Crippen LogP contribution in [0.15, 0.2) is 54.7 Å². The summed E-state index contributed by atoms with van der Waals surface area (Å²) < 4.78 is 46.6. The Hall–Kier alpha value is -3.89. The van der Waals surface area contributed by atoms with Crippen LogP contribution in [0.25, 0.3) is 0 Å². The fourth-order valence-electron chi connectivity index (χ4n) is 3.07. The van der Waals surface area contributed by atoms with E-state index in [0.29, 0.717) is 29.9 Å². The number of anilines is 4. The molecular formula is C23H24F3N5O3. The van der Waals surface area contributed by atoms with Crippen molar-refractivity contribution in [2.75, 3.05) is 17.2 Å². The standard InChI is InChI=1S/C23H24F3N5O3/c1-2-3-4-7-14-34-20-9-6-5-8-19(20)29-21-18(23(24,25)26)15-27-22(30-21)28-16-10-12-17(13-11-16)31(32)33/h5-6,8-13,15H,2-4,7,14H2,1H3,(H2,27,28,29,30). The summed E-state index contributed by atoms with van der Waals surface area (Å²) in [6.45, 7) is 2.55.